The van der Waals surface area contributed by atoms with E-state index in [1.807, 2.05) is 24.3 Å². The van der Waals surface area contributed by atoms with Crippen molar-refractivity contribution in [2.75, 3.05) is 22.1 Å². The van der Waals surface area contributed by atoms with Crippen LogP contribution in [0.25, 0.3) is 0 Å². The summed E-state index contributed by atoms with van der Waals surface area (Å²) < 4.78 is 0. The number of carbonyl (C=O) groups excluding carboxylic acids is 2. The van der Waals surface area contributed by atoms with Gasteiger partial charge in [0, 0.05) is 11.8 Å². The molecule has 4 nitrogen and oxygen atoms in total. The molecule has 5 heteroatoms. The smallest absolute Gasteiger partial charge is 0.244 e. The Kier molecular flexibility index (Phi) is 4.36. The fourth-order valence-corrected chi connectivity index (χ4v) is 2.36. The molecule has 1 heterocycles. The van der Waals surface area contributed by atoms with Crippen molar-refractivity contribution in [3.05, 3.63) is 24.3 Å². The van der Waals surface area contributed by atoms with E-state index in [0.29, 0.717) is 12.1 Å². The molecular formula is C13H15BrN2O2. The average molecular weight is 311 g/mol. The summed E-state index contributed by atoms with van der Waals surface area (Å²) in [5.74, 6) is -0.124. The highest BCUT2D eigenvalue weighted by Gasteiger charge is 2.25. The summed E-state index contributed by atoms with van der Waals surface area (Å²) >= 11 is 3.34. The molecule has 0 spiro atoms. The van der Waals surface area contributed by atoms with Gasteiger partial charge in [0.1, 0.15) is 6.54 Å². The Balaban J connectivity index is 2.13. The molecule has 18 heavy (non-hydrogen) atoms. The molecule has 0 unspecified atom stereocenters. The Bertz CT molecular complexity index is 462. The summed E-state index contributed by atoms with van der Waals surface area (Å²) in [6.45, 7) is 0.115. The lowest BCUT2D eigenvalue weighted by Crippen LogP contribution is -2.42. The van der Waals surface area contributed by atoms with Crippen LogP contribution in [0.4, 0.5) is 11.4 Å². The van der Waals surface area contributed by atoms with Gasteiger partial charge in [0.05, 0.1) is 11.4 Å². The van der Waals surface area contributed by atoms with Gasteiger partial charge < -0.3 is 10.2 Å². The number of carbonyl (C=O) groups is 2. The molecule has 1 aromatic rings. The summed E-state index contributed by atoms with van der Waals surface area (Å²) in [6, 6.07) is 7.38. The molecule has 2 amide bonds. The lowest BCUT2D eigenvalue weighted by atomic mass is 10.1. The number of rotatable bonds is 4. The minimum atomic E-state index is -0.137. The van der Waals surface area contributed by atoms with E-state index in [-0.39, 0.29) is 18.4 Å². The van der Waals surface area contributed by atoms with Crippen molar-refractivity contribution < 1.29 is 9.59 Å². The molecule has 96 valence electrons. The Labute approximate surface area is 114 Å². The van der Waals surface area contributed by atoms with E-state index in [1.165, 1.54) is 0 Å². The first-order chi connectivity index (χ1) is 8.72. The van der Waals surface area contributed by atoms with Crippen LogP contribution in [-0.4, -0.2) is 23.7 Å². The van der Waals surface area contributed by atoms with Gasteiger partial charge >= 0.3 is 0 Å². The third-order valence-electron chi connectivity index (χ3n) is 2.85. The molecule has 0 radical (unpaired) electrons. The Morgan fingerprint density at radius 3 is 2.89 bits per heavy atom. The molecule has 2 rings (SSSR count). The number of halogens is 1. The van der Waals surface area contributed by atoms with Crippen LogP contribution < -0.4 is 10.2 Å². The maximum Gasteiger partial charge on any atom is 0.244 e. The van der Waals surface area contributed by atoms with Crippen LogP contribution in [-0.2, 0) is 9.59 Å². The van der Waals surface area contributed by atoms with E-state index in [2.05, 4.69) is 21.2 Å². The van der Waals surface area contributed by atoms with Gasteiger partial charge in [0.15, 0.2) is 0 Å². The predicted molar refractivity (Wildman–Crippen MR) is 75.1 cm³/mol. The second-order valence-electron chi connectivity index (χ2n) is 4.19. The zero-order valence-corrected chi connectivity index (χ0v) is 11.6. The number of amides is 2. The van der Waals surface area contributed by atoms with Crippen LogP contribution in [0.2, 0.25) is 0 Å². The maximum absolute atomic E-state index is 12.1. The molecule has 0 atom stereocenters. The topological polar surface area (TPSA) is 49.4 Å². The van der Waals surface area contributed by atoms with Gasteiger partial charge in [-0.1, -0.05) is 28.1 Å². The van der Waals surface area contributed by atoms with Crippen LogP contribution in [0.5, 0.6) is 0 Å². The van der Waals surface area contributed by atoms with Gasteiger partial charge in [-0.2, -0.15) is 0 Å². The van der Waals surface area contributed by atoms with E-state index in [1.54, 1.807) is 4.90 Å². The van der Waals surface area contributed by atoms with E-state index in [9.17, 15) is 9.59 Å². The summed E-state index contributed by atoms with van der Waals surface area (Å²) in [7, 11) is 0. The molecule has 0 saturated carbocycles. The summed E-state index contributed by atoms with van der Waals surface area (Å²) in [4.78, 5) is 25.2. The van der Waals surface area contributed by atoms with Crippen LogP contribution in [0.1, 0.15) is 19.3 Å². The fourth-order valence-electron chi connectivity index (χ4n) is 1.96. The minimum absolute atomic E-state index is 0.0123. The van der Waals surface area contributed by atoms with Crippen molar-refractivity contribution in [1.29, 1.82) is 0 Å². The molecule has 1 aliphatic heterocycles. The molecule has 1 aromatic carbocycles. The molecule has 0 aliphatic carbocycles. The highest BCUT2D eigenvalue weighted by atomic mass is 79.9. The van der Waals surface area contributed by atoms with E-state index in [0.717, 1.165) is 23.9 Å². The van der Waals surface area contributed by atoms with Crippen LogP contribution in [0.15, 0.2) is 24.3 Å². The summed E-state index contributed by atoms with van der Waals surface area (Å²) in [5, 5.41) is 3.67. The first-order valence-electron chi connectivity index (χ1n) is 5.97. The maximum atomic E-state index is 12.1. The predicted octanol–water partition coefficient (Wildman–Crippen LogP) is 2.54. The van der Waals surface area contributed by atoms with Gasteiger partial charge in [0.2, 0.25) is 11.8 Å². The van der Waals surface area contributed by atoms with Crippen molar-refractivity contribution in [2.45, 2.75) is 19.3 Å². The van der Waals surface area contributed by atoms with Gasteiger partial charge in [-0.15, -0.1) is 0 Å². The Morgan fingerprint density at radius 2 is 2.11 bits per heavy atom. The number of fused-ring (bicyclic) bond motifs is 1. The summed E-state index contributed by atoms with van der Waals surface area (Å²) in [5.41, 5.74) is 1.50. The van der Waals surface area contributed by atoms with Crippen molar-refractivity contribution in [1.82, 2.24) is 0 Å². The third kappa shape index (κ3) is 2.90. The van der Waals surface area contributed by atoms with Crippen molar-refractivity contribution in [3.63, 3.8) is 0 Å². The van der Waals surface area contributed by atoms with E-state index in [4.69, 9.17) is 0 Å². The van der Waals surface area contributed by atoms with Crippen molar-refractivity contribution in [3.8, 4) is 0 Å². The van der Waals surface area contributed by atoms with Crippen LogP contribution in [0.3, 0.4) is 0 Å². The number of anilines is 2. The molecule has 1 N–H and O–H groups in total. The fraction of sp³-hybridized carbons (Fsp3) is 0.385. The van der Waals surface area contributed by atoms with Gasteiger partial charge in [-0.05, 0) is 25.0 Å². The first kappa shape index (κ1) is 13.1. The Hall–Kier alpha value is -1.36. The molecule has 1 aliphatic rings. The SMILES string of the molecule is O=C1CN(C(=O)CCCCBr)c2ccccc2N1. The second-order valence-corrected chi connectivity index (χ2v) is 4.98. The van der Waals surface area contributed by atoms with Crippen molar-refractivity contribution >= 4 is 39.1 Å². The normalized spacial score (nSPS) is 14.1. The first-order valence-corrected chi connectivity index (χ1v) is 7.09. The lowest BCUT2D eigenvalue weighted by Gasteiger charge is -2.29. The number of benzene rings is 1. The zero-order chi connectivity index (χ0) is 13.0. The van der Waals surface area contributed by atoms with E-state index < -0.39 is 0 Å². The van der Waals surface area contributed by atoms with Gasteiger partial charge in [-0.3, -0.25) is 9.59 Å². The largest absolute Gasteiger partial charge is 0.323 e. The number of unbranched alkanes of at least 4 members (excludes halogenated alkanes) is 1. The lowest BCUT2D eigenvalue weighted by molar-refractivity contribution is -0.122. The van der Waals surface area contributed by atoms with Gasteiger partial charge in [0.25, 0.3) is 0 Å². The molecule has 0 bridgehead atoms. The molecule has 0 aromatic heterocycles. The highest BCUT2D eigenvalue weighted by molar-refractivity contribution is 9.09. The number of alkyl halides is 1. The van der Waals surface area contributed by atoms with Crippen LogP contribution >= 0.6 is 15.9 Å². The average Bonchev–Trinajstić information content (AvgIpc) is 2.38. The monoisotopic (exact) mass is 310 g/mol. The highest BCUT2D eigenvalue weighted by Crippen LogP contribution is 2.29. The zero-order valence-electron chi connectivity index (χ0n) is 9.99. The van der Waals surface area contributed by atoms with Crippen molar-refractivity contribution in [2.24, 2.45) is 0 Å². The molecular weight excluding hydrogens is 296 g/mol. The third-order valence-corrected chi connectivity index (χ3v) is 3.41. The van der Waals surface area contributed by atoms with Crippen LogP contribution in [0, 0.1) is 0 Å². The summed E-state index contributed by atoms with van der Waals surface area (Å²) in [6.07, 6.45) is 2.28. The molecule has 0 fully saturated rings. The quantitative estimate of drug-likeness (QED) is 0.686. The number of nitrogens with one attached hydrogen (secondary N) is 1. The molecule has 0 saturated heterocycles. The minimum Gasteiger partial charge on any atom is -0.323 e. The second kappa shape index (κ2) is 6.00. The van der Waals surface area contributed by atoms with E-state index >= 15 is 0 Å². The number of para-hydroxylation sites is 2. The van der Waals surface area contributed by atoms with Gasteiger partial charge in [-0.25, -0.2) is 0 Å². The number of nitrogens with zero attached hydrogens (tertiary/aromatic N) is 1. The number of hydrogen-bond donors (Lipinski definition) is 1. The Morgan fingerprint density at radius 1 is 1.33 bits per heavy atom. The standard InChI is InChI=1S/C13H15BrN2O2/c14-8-4-3-7-13(18)16-9-12(17)15-10-5-1-2-6-11(10)16/h1-2,5-6H,3-4,7-9H2,(H,15,17). The number of hydrogen-bond acceptors (Lipinski definition) is 2.